The first-order valence-electron chi connectivity index (χ1n) is 8.66. The Morgan fingerprint density at radius 3 is 2.54 bits per heavy atom. The lowest BCUT2D eigenvalue weighted by atomic mass is 10.1. The molecule has 24 heavy (non-hydrogen) atoms. The second-order valence-electron chi connectivity index (χ2n) is 6.17. The summed E-state index contributed by atoms with van der Waals surface area (Å²) in [7, 11) is 1.92. The highest BCUT2D eigenvalue weighted by Gasteiger charge is 2.29. The second-order valence-corrected chi connectivity index (χ2v) is 6.17. The van der Waals surface area contributed by atoms with Crippen LogP contribution in [-0.2, 0) is 4.79 Å². The number of likely N-dealkylation sites (tertiary alicyclic amines) is 1. The molecule has 2 rings (SSSR count). The van der Waals surface area contributed by atoms with Crippen molar-refractivity contribution in [3.63, 3.8) is 0 Å². The van der Waals surface area contributed by atoms with Gasteiger partial charge in [-0.15, -0.1) is 0 Å². The third-order valence-electron chi connectivity index (χ3n) is 4.52. The molecule has 0 unspecified atom stereocenters. The number of carbonyl (C=O) groups excluding carboxylic acids is 1. The van der Waals surface area contributed by atoms with Gasteiger partial charge in [0.1, 0.15) is 6.17 Å². The van der Waals surface area contributed by atoms with Crippen LogP contribution in [0.1, 0.15) is 37.9 Å². The first-order chi connectivity index (χ1) is 11.7. The molecule has 1 aromatic rings. The first-order valence-corrected chi connectivity index (χ1v) is 8.66. The van der Waals surface area contributed by atoms with Crippen LogP contribution in [0.2, 0.25) is 0 Å². The summed E-state index contributed by atoms with van der Waals surface area (Å²) in [6.45, 7) is 7.74. The molecule has 0 aliphatic carbocycles. The molecule has 0 N–H and O–H groups in total. The van der Waals surface area contributed by atoms with Crippen molar-refractivity contribution in [1.82, 2.24) is 9.80 Å². The van der Waals surface area contributed by atoms with Crippen molar-refractivity contribution in [3.05, 3.63) is 72.4 Å². The van der Waals surface area contributed by atoms with Crippen LogP contribution in [0.25, 0.3) is 0 Å². The van der Waals surface area contributed by atoms with Gasteiger partial charge >= 0.3 is 0 Å². The molecule has 1 aliphatic heterocycles. The predicted octanol–water partition coefficient (Wildman–Crippen LogP) is 4.32. The SMILES string of the molecule is C=C/C=C\C(=C/C)CC(=O)N(C)[C@@H](c1ccccc1)N1CCCC1. The number of hydrogen-bond acceptors (Lipinski definition) is 2. The maximum absolute atomic E-state index is 12.8. The van der Waals surface area contributed by atoms with Crippen LogP contribution in [0.4, 0.5) is 0 Å². The summed E-state index contributed by atoms with van der Waals surface area (Å²) < 4.78 is 0. The zero-order chi connectivity index (χ0) is 17.4. The third-order valence-corrected chi connectivity index (χ3v) is 4.52. The monoisotopic (exact) mass is 324 g/mol. The summed E-state index contributed by atoms with van der Waals surface area (Å²) in [6, 6.07) is 10.3. The number of amides is 1. The van der Waals surface area contributed by atoms with Crippen LogP contribution in [0.15, 0.2) is 66.8 Å². The Balaban J connectivity index is 2.17. The lowest BCUT2D eigenvalue weighted by Gasteiger charge is -2.36. The van der Waals surface area contributed by atoms with Crippen molar-refractivity contribution in [2.24, 2.45) is 0 Å². The Kier molecular flexibility index (Phi) is 7.01. The van der Waals surface area contributed by atoms with E-state index < -0.39 is 0 Å². The molecular weight excluding hydrogens is 296 g/mol. The number of rotatable bonds is 7. The quantitative estimate of drug-likeness (QED) is 0.697. The fraction of sp³-hybridized carbons (Fsp3) is 0.381. The highest BCUT2D eigenvalue weighted by molar-refractivity contribution is 5.79. The fourth-order valence-electron chi connectivity index (χ4n) is 3.18. The van der Waals surface area contributed by atoms with Crippen LogP contribution in [0, 0.1) is 0 Å². The van der Waals surface area contributed by atoms with Crippen LogP contribution >= 0.6 is 0 Å². The van der Waals surface area contributed by atoms with E-state index in [2.05, 4.69) is 23.6 Å². The highest BCUT2D eigenvalue weighted by atomic mass is 16.2. The number of allylic oxidation sites excluding steroid dienone is 4. The van der Waals surface area contributed by atoms with Crippen LogP contribution in [0.5, 0.6) is 0 Å². The van der Waals surface area contributed by atoms with E-state index in [1.54, 1.807) is 6.08 Å². The summed E-state index contributed by atoms with van der Waals surface area (Å²) in [5.74, 6) is 0.137. The lowest BCUT2D eigenvalue weighted by Crippen LogP contribution is -2.41. The molecular formula is C21H28N2O. The standard InChI is InChI=1S/C21H28N2O/c1-4-6-12-18(5-2)17-20(24)22(3)21(23-15-10-11-16-23)19-13-8-7-9-14-19/h4-9,12-14,21H,1,10-11,15-17H2,2-3H3/b12-6-,18-5+/t21-/m1/s1. The number of carbonyl (C=O) groups is 1. The van der Waals surface area contributed by atoms with Crippen molar-refractivity contribution in [2.45, 2.75) is 32.4 Å². The number of benzene rings is 1. The Morgan fingerprint density at radius 2 is 1.96 bits per heavy atom. The summed E-state index contributed by atoms with van der Waals surface area (Å²) in [4.78, 5) is 17.1. The van der Waals surface area contributed by atoms with Crippen LogP contribution in [0.3, 0.4) is 0 Å². The average molecular weight is 324 g/mol. The van der Waals surface area contributed by atoms with Crippen LogP contribution < -0.4 is 0 Å². The molecule has 0 radical (unpaired) electrons. The van der Waals surface area contributed by atoms with E-state index in [1.807, 2.05) is 55.3 Å². The zero-order valence-corrected chi connectivity index (χ0v) is 14.8. The van der Waals surface area contributed by atoms with Gasteiger partial charge < -0.3 is 4.90 Å². The summed E-state index contributed by atoms with van der Waals surface area (Å²) >= 11 is 0. The molecule has 1 amide bonds. The van der Waals surface area contributed by atoms with Gasteiger partial charge in [0.25, 0.3) is 0 Å². The van der Waals surface area contributed by atoms with Gasteiger partial charge in [-0.3, -0.25) is 9.69 Å². The van der Waals surface area contributed by atoms with Gasteiger partial charge in [-0.1, -0.05) is 61.2 Å². The maximum atomic E-state index is 12.8. The maximum Gasteiger partial charge on any atom is 0.228 e. The van der Waals surface area contributed by atoms with Gasteiger partial charge in [-0.25, -0.2) is 0 Å². The summed E-state index contributed by atoms with van der Waals surface area (Å²) in [5.41, 5.74) is 2.19. The van der Waals surface area contributed by atoms with Crippen molar-refractivity contribution >= 4 is 5.91 Å². The molecule has 1 aliphatic rings. The predicted molar refractivity (Wildman–Crippen MR) is 100 cm³/mol. The molecule has 0 aromatic heterocycles. The van der Waals surface area contributed by atoms with Crippen molar-refractivity contribution < 1.29 is 4.79 Å². The van der Waals surface area contributed by atoms with Gasteiger partial charge in [-0.2, -0.15) is 0 Å². The van der Waals surface area contributed by atoms with E-state index in [0.29, 0.717) is 6.42 Å². The summed E-state index contributed by atoms with van der Waals surface area (Å²) in [6.07, 6.45) is 10.4. The molecule has 1 saturated heterocycles. The van der Waals surface area contributed by atoms with E-state index in [4.69, 9.17) is 0 Å². The van der Waals surface area contributed by atoms with E-state index in [1.165, 1.54) is 18.4 Å². The Hall–Kier alpha value is -2.13. The van der Waals surface area contributed by atoms with Crippen molar-refractivity contribution in [1.29, 1.82) is 0 Å². The molecule has 1 heterocycles. The average Bonchev–Trinajstić information content (AvgIpc) is 3.13. The molecule has 1 aromatic carbocycles. The first kappa shape index (κ1) is 18.2. The fourth-order valence-corrected chi connectivity index (χ4v) is 3.18. The lowest BCUT2D eigenvalue weighted by molar-refractivity contribution is -0.135. The van der Waals surface area contributed by atoms with Crippen LogP contribution in [-0.4, -0.2) is 35.8 Å². The van der Waals surface area contributed by atoms with Crippen molar-refractivity contribution in [3.8, 4) is 0 Å². The van der Waals surface area contributed by atoms with Gasteiger partial charge in [0, 0.05) is 20.1 Å². The minimum Gasteiger partial charge on any atom is -0.325 e. The molecule has 3 heteroatoms. The molecule has 1 fully saturated rings. The Labute approximate surface area is 146 Å². The van der Waals surface area contributed by atoms with E-state index in [-0.39, 0.29) is 12.1 Å². The zero-order valence-electron chi connectivity index (χ0n) is 14.8. The molecule has 0 spiro atoms. The minimum absolute atomic E-state index is 0.0164. The molecule has 128 valence electrons. The highest BCUT2D eigenvalue weighted by Crippen LogP contribution is 2.28. The number of hydrogen-bond donors (Lipinski definition) is 0. The van der Waals surface area contributed by atoms with Gasteiger partial charge in [-0.05, 0) is 30.9 Å². The van der Waals surface area contributed by atoms with Gasteiger partial charge in [0.15, 0.2) is 0 Å². The smallest absolute Gasteiger partial charge is 0.228 e. The van der Waals surface area contributed by atoms with Crippen molar-refractivity contribution in [2.75, 3.05) is 20.1 Å². The summed E-state index contributed by atoms with van der Waals surface area (Å²) in [5, 5.41) is 0. The minimum atomic E-state index is 0.0164. The Bertz CT molecular complexity index is 598. The van der Waals surface area contributed by atoms with Gasteiger partial charge in [0.2, 0.25) is 5.91 Å². The second kappa shape index (κ2) is 9.24. The van der Waals surface area contributed by atoms with E-state index in [0.717, 1.165) is 18.7 Å². The Morgan fingerprint density at radius 1 is 1.29 bits per heavy atom. The van der Waals surface area contributed by atoms with E-state index >= 15 is 0 Å². The normalized spacial score (nSPS) is 17.2. The van der Waals surface area contributed by atoms with Gasteiger partial charge in [0.05, 0.1) is 6.42 Å². The number of nitrogens with zero attached hydrogens (tertiary/aromatic N) is 2. The molecule has 1 atom stereocenters. The molecule has 3 nitrogen and oxygen atoms in total. The largest absolute Gasteiger partial charge is 0.325 e. The van der Waals surface area contributed by atoms with E-state index in [9.17, 15) is 4.79 Å². The third kappa shape index (κ3) is 4.68. The topological polar surface area (TPSA) is 23.6 Å². The molecule has 0 saturated carbocycles. The molecule has 0 bridgehead atoms.